The number of hydrogen-bond donors (Lipinski definition) is 1. The molecule has 0 amide bonds. The van der Waals surface area contributed by atoms with Gasteiger partial charge < -0.3 is 10.1 Å². The second-order valence-electron chi connectivity index (χ2n) is 4.48. The molecule has 0 saturated carbocycles. The lowest BCUT2D eigenvalue weighted by atomic mass is 9.94. The van der Waals surface area contributed by atoms with Crippen molar-refractivity contribution in [3.63, 3.8) is 0 Å². The molecular weight excluding hydrogens is 176 g/mol. The molecule has 0 aromatic carbocycles. The van der Waals surface area contributed by atoms with Crippen molar-refractivity contribution in [3.05, 3.63) is 0 Å². The van der Waals surface area contributed by atoms with E-state index in [1.54, 1.807) is 0 Å². The second-order valence-corrected chi connectivity index (χ2v) is 4.48. The van der Waals surface area contributed by atoms with Crippen LogP contribution in [0.3, 0.4) is 0 Å². The Morgan fingerprint density at radius 3 is 2.86 bits per heavy atom. The van der Waals surface area contributed by atoms with Gasteiger partial charge in [0.2, 0.25) is 0 Å². The molecule has 3 heteroatoms. The van der Waals surface area contributed by atoms with Gasteiger partial charge >= 0.3 is 0 Å². The smallest absolute Gasteiger partial charge is 0.0828 e. The third kappa shape index (κ3) is 2.10. The molecule has 1 N–H and O–H groups in total. The van der Waals surface area contributed by atoms with Crippen molar-refractivity contribution < 1.29 is 4.74 Å². The van der Waals surface area contributed by atoms with Crippen LogP contribution in [0, 0.1) is 0 Å². The van der Waals surface area contributed by atoms with Crippen LogP contribution in [0.4, 0.5) is 0 Å². The molecule has 0 radical (unpaired) electrons. The summed E-state index contributed by atoms with van der Waals surface area (Å²) in [5, 5.41) is 3.55. The Balaban J connectivity index is 1.74. The van der Waals surface area contributed by atoms with Crippen LogP contribution >= 0.6 is 0 Å². The zero-order valence-electron chi connectivity index (χ0n) is 9.33. The summed E-state index contributed by atoms with van der Waals surface area (Å²) in [5.74, 6) is 0. The minimum Gasteiger partial charge on any atom is -0.376 e. The van der Waals surface area contributed by atoms with Gasteiger partial charge in [-0.2, -0.15) is 0 Å². The first-order valence-electron chi connectivity index (χ1n) is 5.90. The molecule has 2 unspecified atom stereocenters. The summed E-state index contributed by atoms with van der Waals surface area (Å²) >= 11 is 0. The summed E-state index contributed by atoms with van der Waals surface area (Å²) in [4.78, 5) is 2.57. The lowest BCUT2D eigenvalue weighted by molar-refractivity contribution is -0.0770. The van der Waals surface area contributed by atoms with Gasteiger partial charge in [0.05, 0.1) is 6.10 Å². The van der Waals surface area contributed by atoms with E-state index in [4.69, 9.17) is 4.74 Å². The molecule has 0 spiro atoms. The summed E-state index contributed by atoms with van der Waals surface area (Å²) in [7, 11) is 0. The minimum atomic E-state index is 0.508. The monoisotopic (exact) mass is 198 g/mol. The first-order chi connectivity index (χ1) is 6.81. The van der Waals surface area contributed by atoms with Gasteiger partial charge in [-0.05, 0) is 33.2 Å². The molecule has 3 nitrogen and oxygen atoms in total. The molecule has 2 aliphatic heterocycles. The maximum atomic E-state index is 5.57. The van der Waals surface area contributed by atoms with Gasteiger partial charge in [-0.15, -0.1) is 0 Å². The van der Waals surface area contributed by atoms with Gasteiger partial charge in [-0.3, -0.25) is 4.90 Å². The van der Waals surface area contributed by atoms with E-state index in [1.807, 2.05) is 0 Å². The number of rotatable bonds is 3. The Labute approximate surface area is 86.8 Å². The molecule has 2 fully saturated rings. The topological polar surface area (TPSA) is 24.5 Å². The second kappa shape index (κ2) is 4.60. The van der Waals surface area contributed by atoms with Crippen LogP contribution in [0.2, 0.25) is 0 Å². The molecule has 0 bridgehead atoms. The highest BCUT2D eigenvalue weighted by atomic mass is 16.5. The van der Waals surface area contributed by atoms with Gasteiger partial charge in [0, 0.05) is 31.8 Å². The highest BCUT2D eigenvalue weighted by Gasteiger charge is 2.35. The highest BCUT2D eigenvalue weighted by molar-refractivity contribution is 4.92. The van der Waals surface area contributed by atoms with E-state index in [0.29, 0.717) is 12.1 Å². The largest absolute Gasteiger partial charge is 0.376 e. The van der Waals surface area contributed by atoms with Crippen LogP contribution in [0.1, 0.15) is 26.7 Å². The van der Waals surface area contributed by atoms with E-state index in [2.05, 4.69) is 24.1 Å². The van der Waals surface area contributed by atoms with E-state index in [1.165, 1.54) is 19.4 Å². The van der Waals surface area contributed by atoms with Crippen molar-refractivity contribution in [3.8, 4) is 0 Å². The third-order valence-electron chi connectivity index (χ3n) is 3.47. The Morgan fingerprint density at radius 2 is 2.21 bits per heavy atom. The molecule has 0 aromatic heterocycles. The van der Waals surface area contributed by atoms with Crippen LogP contribution < -0.4 is 5.32 Å². The first-order valence-corrected chi connectivity index (χ1v) is 5.90. The van der Waals surface area contributed by atoms with Crippen molar-refractivity contribution in [1.82, 2.24) is 10.2 Å². The molecule has 2 atom stereocenters. The summed E-state index contributed by atoms with van der Waals surface area (Å²) in [5.41, 5.74) is 0. The van der Waals surface area contributed by atoms with Gasteiger partial charge in [0.15, 0.2) is 0 Å². The average molecular weight is 198 g/mol. The zero-order valence-corrected chi connectivity index (χ0v) is 9.33. The van der Waals surface area contributed by atoms with Crippen molar-refractivity contribution in [1.29, 1.82) is 0 Å². The number of nitrogens with one attached hydrogen (secondary N) is 1. The third-order valence-corrected chi connectivity index (χ3v) is 3.47. The first kappa shape index (κ1) is 10.4. The molecule has 2 aliphatic rings. The lowest BCUT2D eigenvalue weighted by Gasteiger charge is -2.47. The number of nitrogens with zero attached hydrogens (tertiary/aromatic N) is 1. The SMILES string of the molecule is CCOC1CN(C2CCCNC2C)C1. The lowest BCUT2D eigenvalue weighted by Crippen LogP contribution is -2.62. The molecule has 0 aliphatic carbocycles. The Bertz CT molecular complexity index is 180. The highest BCUT2D eigenvalue weighted by Crippen LogP contribution is 2.22. The van der Waals surface area contributed by atoms with E-state index < -0.39 is 0 Å². The van der Waals surface area contributed by atoms with E-state index in [9.17, 15) is 0 Å². The average Bonchev–Trinajstić information content (AvgIpc) is 2.12. The fourth-order valence-electron chi connectivity index (χ4n) is 2.61. The van der Waals surface area contributed by atoms with Crippen LogP contribution in [0.5, 0.6) is 0 Å². The van der Waals surface area contributed by atoms with E-state index in [-0.39, 0.29) is 0 Å². The Morgan fingerprint density at radius 1 is 1.43 bits per heavy atom. The van der Waals surface area contributed by atoms with Gasteiger partial charge in [-0.25, -0.2) is 0 Å². The van der Waals surface area contributed by atoms with Gasteiger partial charge in [0.1, 0.15) is 0 Å². The van der Waals surface area contributed by atoms with Crippen molar-refractivity contribution in [2.24, 2.45) is 0 Å². The van der Waals surface area contributed by atoms with Gasteiger partial charge in [-0.1, -0.05) is 0 Å². The molecule has 2 rings (SSSR count). The maximum absolute atomic E-state index is 5.57. The fraction of sp³-hybridized carbons (Fsp3) is 1.00. The van der Waals surface area contributed by atoms with Crippen molar-refractivity contribution in [2.75, 3.05) is 26.2 Å². The summed E-state index contributed by atoms with van der Waals surface area (Å²) in [6.07, 6.45) is 3.19. The molecule has 82 valence electrons. The number of piperidine rings is 1. The fourth-order valence-corrected chi connectivity index (χ4v) is 2.61. The summed E-state index contributed by atoms with van der Waals surface area (Å²) < 4.78 is 5.57. The number of hydrogen-bond acceptors (Lipinski definition) is 3. The van der Waals surface area contributed by atoms with Crippen LogP contribution in [-0.2, 0) is 4.74 Å². The summed E-state index contributed by atoms with van der Waals surface area (Å²) in [6.45, 7) is 8.72. The van der Waals surface area contributed by atoms with Gasteiger partial charge in [0.25, 0.3) is 0 Å². The molecule has 0 aromatic rings. The van der Waals surface area contributed by atoms with Crippen LogP contribution in [0.15, 0.2) is 0 Å². The Hall–Kier alpha value is -0.120. The number of ether oxygens (including phenoxy) is 1. The molecule has 2 heterocycles. The zero-order chi connectivity index (χ0) is 9.97. The van der Waals surface area contributed by atoms with Crippen molar-refractivity contribution >= 4 is 0 Å². The normalized spacial score (nSPS) is 35.6. The Kier molecular flexibility index (Phi) is 3.42. The molecule has 2 saturated heterocycles. The molecule has 14 heavy (non-hydrogen) atoms. The van der Waals surface area contributed by atoms with Crippen LogP contribution in [0.25, 0.3) is 0 Å². The minimum absolute atomic E-state index is 0.508. The number of likely N-dealkylation sites (tertiary alicyclic amines) is 1. The molecular formula is C11H22N2O. The van der Waals surface area contributed by atoms with Crippen molar-refractivity contribution in [2.45, 2.75) is 44.9 Å². The predicted octanol–water partition coefficient (Wildman–Crippen LogP) is 0.848. The summed E-state index contributed by atoms with van der Waals surface area (Å²) in [6, 6.07) is 1.41. The van der Waals surface area contributed by atoms with E-state index >= 15 is 0 Å². The van der Waals surface area contributed by atoms with Crippen LogP contribution in [-0.4, -0.2) is 49.3 Å². The standard InChI is InChI=1S/C11H22N2O/c1-3-14-10-7-13(8-10)11-5-4-6-12-9(11)2/h9-12H,3-8H2,1-2H3. The predicted molar refractivity (Wildman–Crippen MR) is 57.5 cm³/mol. The maximum Gasteiger partial charge on any atom is 0.0828 e. The van der Waals surface area contributed by atoms with E-state index in [0.717, 1.165) is 25.7 Å². The quantitative estimate of drug-likeness (QED) is 0.727.